The Hall–Kier alpha value is -1.46. The number of aromatic nitrogens is 2. The van der Waals surface area contributed by atoms with Crippen LogP contribution in [0.4, 0.5) is 0 Å². The van der Waals surface area contributed by atoms with Crippen LogP contribution in [0.15, 0.2) is 29.1 Å². The Morgan fingerprint density at radius 1 is 1.35 bits per heavy atom. The Balaban J connectivity index is 2.10. The molecule has 0 aliphatic carbocycles. The van der Waals surface area contributed by atoms with Gasteiger partial charge < -0.3 is 9.72 Å². The number of aromatic amines is 1. The second kappa shape index (κ2) is 6.81. The van der Waals surface area contributed by atoms with Crippen LogP contribution >= 0.6 is 12.2 Å². The quantitative estimate of drug-likeness (QED) is 0.657. The van der Waals surface area contributed by atoms with Crippen molar-refractivity contribution < 1.29 is 4.74 Å². The molecule has 0 amide bonds. The van der Waals surface area contributed by atoms with Crippen LogP contribution < -0.4 is 5.56 Å². The smallest absolute Gasteiger partial charge is 0.262 e. The van der Waals surface area contributed by atoms with Crippen molar-refractivity contribution in [2.75, 3.05) is 13.2 Å². The van der Waals surface area contributed by atoms with Gasteiger partial charge in [0.25, 0.3) is 5.56 Å². The molecule has 0 fully saturated rings. The Morgan fingerprint density at radius 2 is 2.10 bits per heavy atom. The van der Waals surface area contributed by atoms with Gasteiger partial charge in [0.1, 0.15) is 0 Å². The molecular weight excluding hydrogens is 272 g/mol. The van der Waals surface area contributed by atoms with Crippen molar-refractivity contribution in [1.29, 1.82) is 0 Å². The van der Waals surface area contributed by atoms with E-state index in [0.29, 0.717) is 29.2 Å². The van der Waals surface area contributed by atoms with Gasteiger partial charge in [-0.2, -0.15) is 0 Å². The molecule has 0 radical (unpaired) electrons. The van der Waals surface area contributed by atoms with E-state index in [9.17, 15) is 4.79 Å². The minimum absolute atomic E-state index is 0.0341. The lowest BCUT2D eigenvalue weighted by Crippen LogP contribution is -2.23. The van der Waals surface area contributed by atoms with Crippen molar-refractivity contribution in [2.24, 2.45) is 5.92 Å². The summed E-state index contributed by atoms with van der Waals surface area (Å²) >= 11 is 5.25. The zero-order chi connectivity index (χ0) is 14.5. The monoisotopic (exact) mass is 292 g/mol. The molecule has 20 heavy (non-hydrogen) atoms. The lowest BCUT2D eigenvalue weighted by Gasteiger charge is -2.09. The normalized spacial score (nSPS) is 11.3. The SMILES string of the molecule is CC(C)COCCCn1c(=S)[nH]c2ccccc2c1=O. The van der Waals surface area contributed by atoms with Crippen LogP contribution in [0.25, 0.3) is 10.9 Å². The molecule has 0 aliphatic heterocycles. The number of H-pyrrole nitrogens is 1. The van der Waals surface area contributed by atoms with E-state index in [-0.39, 0.29) is 5.56 Å². The summed E-state index contributed by atoms with van der Waals surface area (Å²) in [5, 5.41) is 0.671. The maximum atomic E-state index is 12.4. The van der Waals surface area contributed by atoms with E-state index in [2.05, 4.69) is 18.8 Å². The molecule has 1 aromatic carbocycles. The van der Waals surface area contributed by atoms with Gasteiger partial charge in [-0.15, -0.1) is 0 Å². The first-order valence-corrected chi connectivity index (χ1v) is 7.30. The van der Waals surface area contributed by atoms with Gasteiger partial charge in [-0.1, -0.05) is 26.0 Å². The van der Waals surface area contributed by atoms with Crippen molar-refractivity contribution >= 4 is 23.1 Å². The lowest BCUT2D eigenvalue weighted by atomic mass is 10.2. The van der Waals surface area contributed by atoms with Crippen LogP contribution in [-0.4, -0.2) is 22.8 Å². The van der Waals surface area contributed by atoms with Gasteiger partial charge in [0.15, 0.2) is 4.77 Å². The number of hydrogen-bond acceptors (Lipinski definition) is 3. The largest absolute Gasteiger partial charge is 0.381 e. The summed E-state index contributed by atoms with van der Waals surface area (Å²) in [5.74, 6) is 0.529. The molecule has 0 aliphatic rings. The maximum absolute atomic E-state index is 12.4. The first-order valence-electron chi connectivity index (χ1n) is 6.89. The highest BCUT2D eigenvalue weighted by molar-refractivity contribution is 7.71. The van der Waals surface area contributed by atoms with E-state index < -0.39 is 0 Å². The Kier molecular flexibility index (Phi) is 5.09. The fourth-order valence-corrected chi connectivity index (χ4v) is 2.33. The second-order valence-electron chi connectivity index (χ2n) is 5.25. The summed E-state index contributed by atoms with van der Waals surface area (Å²) in [6.07, 6.45) is 0.780. The maximum Gasteiger partial charge on any atom is 0.262 e. The minimum Gasteiger partial charge on any atom is -0.381 e. The summed E-state index contributed by atoms with van der Waals surface area (Å²) in [6.45, 7) is 6.21. The zero-order valence-electron chi connectivity index (χ0n) is 11.9. The molecular formula is C15H20N2O2S. The minimum atomic E-state index is -0.0341. The fraction of sp³-hybridized carbons (Fsp3) is 0.467. The van der Waals surface area contributed by atoms with Crippen molar-refractivity contribution in [3.63, 3.8) is 0 Å². The average molecular weight is 292 g/mol. The van der Waals surface area contributed by atoms with Gasteiger partial charge in [-0.05, 0) is 36.7 Å². The van der Waals surface area contributed by atoms with Gasteiger partial charge in [0.05, 0.1) is 10.9 Å². The third kappa shape index (κ3) is 3.55. The molecule has 0 unspecified atom stereocenters. The van der Waals surface area contributed by atoms with Crippen LogP contribution in [0.3, 0.4) is 0 Å². The molecule has 2 aromatic rings. The number of fused-ring (bicyclic) bond motifs is 1. The molecule has 1 heterocycles. The van der Waals surface area contributed by atoms with Gasteiger partial charge in [-0.25, -0.2) is 0 Å². The second-order valence-corrected chi connectivity index (χ2v) is 5.64. The molecule has 0 spiro atoms. The predicted octanol–water partition coefficient (Wildman–Crippen LogP) is 3.12. The van der Waals surface area contributed by atoms with Crippen LogP contribution in [-0.2, 0) is 11.3 Å². The number of rotatable bonds is 6. The van der Waals surface area contributed by atoms with Crippen molar-refractivity contribution in [1.82, 2.24) is 9.55 Å². The molecule has 0 bridgehead atoms. The van der Waals surface area contributed by atoms with Crippen LogP contribution in [0, 0.1) is 10.7 Å². The molecule has 2 rings (SSSR count). The molecule has 4 nitrogen and oxygen atoms in total. The number of benzene rings is 1. The first-order chi connectivity index (χ1) is 9.59. The van der Waals surface area contributed by atoms with E-state index in [1.54, 1.807) is 4.57 Å². The first kappa shape index (κ1) is 14.9. The fourth-order valence-electron chi connectivity index (χ4n) is 2.05. The summed E-state index contributed by atoms with van der Waals surface area (Å²) < 4.78 is 7.60. The van der Waals surface area contributed by atoms with E-state index in [0.717, 1.165) is 18.5 Å². The summed E-state index contributed by atoms with van der Waals surface area (Å²) in [4.78, 5) is 15.5. The average Bonchev–Trinajstić information content (AvgIpc) is 2.41. The van der Waals surface area contributed by atoms with Gasteiger partial charge in [-0.3, -0.25) is 9.36 Å². The number of ether oxygens (including phenoxy) is 1. The molecule has 0 saturated carbocycles. The predicted molar refractivity (Wildman–Crippen MR) is 83.7 cm³/mol. The van der Waals surface area contributed by atoms with Crippen molar-refractivity contribution in [2.45, 2.75) is 26.8 Å². The van der Waals surface area contributed by atoms with E-state index >= 15 is 0 Å². The van der Waals surface area contributed by atoms with E-state index in [1.165, 1.54) is 0 Å². The Morgan fingerprint density at radius 3 is 2.85 bits per heavy atom. The summed E-state index contributed by atoms with van der Waals surface area (Å²) in [7, 11) is 0. The van der Waals surface area contributed by atoms with Crippen molar-refractivity contribution in [3.05, 3.63) is 39.4 Å². The molecule has 108 valence electrons. The third-order valence-electron chi connectivity index (χ3n) is 3.01. The van der Waals surface area contributed by atoms with Crippen LogP contribution in [0.2, 0.25) is 0 Å². The highest BCUT2D eigenvalue weighted by Crippen LogP contribution is 2.06. The lowest BCUT2D eigenvalue weighted by molar-refractivity contribution is 0.105. The highest BCUT2D eigenvalue weighted by Gasteiger charge is 2.04. The number of nitrogens with zero attached hydrogens (tertiary/aromatic N) is 1. The molecule has 5 heteroatoms. The Labute approximate surface area is 123 Å². The van der Waals surface area contributed by atoms with Crippen LogP contribution in [0.1, 0.15) is 20.3 Å². The standard InChI is InChI=1S/C15H20N2O2S/c1-11(2)10-19-9-5-8-17-14(18)12-6-3-4-7-13(12)16-15(17)20/h3-4,6-7,11H,5,8-10H2,1-2H3,(H,16,20). The Bertz CT molecular complexity index is 688. The summed E-state index contributed by atoms with van der Waals surface area (Å²) in [5.41, 5.74) is 0.753. The van der Waals surface area contributed by atoms with Gasteiger partial charge in [0.2, 0.25) is 0 Å². The molecule has 1 aromatic heterocycles. The van der Waals surface area contributed by atoms with E-state index in [1.807, 2.05) is 24.3 Å². The molecule has 0 atom stereocenters. The zero-order valence-corrected chi connectivity index (χ0v) is 12.7. The van der Waals surface area contributed by atoms with Gasteiger partial charge >= 0.3 is 0 Å². The number of para-hydroxylation sites is 1. The number of hydrogen-bond donors (Lipinski definition) is 1. The summed E-state index contributed by atoms with van der Waals surface area (Å²) in [6, 6.07) is 7.42. The highest BCUT2D eigenvalue weighted by atomic mass is 32.1. The van der Waals surface area contributed by atoms with Crippen LogP contribution in [0.5, 0.6) is 0 Å². The third-order valence-corrected chi connectivity index (χ3v) is 3.33. The van der Waals surface area contributed by atoms with E-state index in [4.69, 9.17) is 17.0 Å². The van der Waals surface area contributed by atoms with Crippen molar-refractivity contribution in [3.8, 4) is 0 Å². The topological polar surface area (TPSA) is 47.0 Å². The number of nitrogens with one attached hydrogen (secondary N) is 1. The molecule has 1 N–H and O–H groups in total. The van der Waals surface area contributed by atoms with Gasteiger partial charge in [0, 0.05) is 19.8 Å². The molecule has 0 saturated heterocycles.